The van der Waals surface area contributed by atoms with E-state index in [1.807, 2.05) is 0 Å². The number of carbonyl (C=O) groups is 1. The van der Waals surface area contributed by atoms with Gasteiger partial charge in [-0.3, -0.25) is 4.79 Å². The third kappa shape index (κ3) is 3.97. The van der Waals surface area contributed by atoms with E-state index in [0.29, 0.717) is 12.1 Å². The largest absolute Gasteiger partial charge is 0.435 e. The number of hydrogen-bond donors (Lipinski definition) is 0. The average molecular weight is 348 g/mol. The lowest BCUT2D eigenvalue weighted by Gasteiger charge is -2.21. The van der Waals surface area contributed by atoms with Crippen LogP contribution in [0.5, 0.6) is 5.75 Å². The van der Waals surface area contributed by atoms with Crippen molar-refractivity contribution >= 4 is 15.9 Å². The fraction of sp³-hybridized carbons (Fsp3) is 0.500. The molecule has 0 N–H and O–H groups in total. The molecule has 1 heterocycles. The number of nitrogens with zero attached hydrogens (tertiary/aromatic N) is 2. The maximum Gasteiger partial charge on any atom is 0.387 e. The molecule has 0 aliphatic carbocycles. The summed E-state index contributed by atoms with van der Waals surface area (Å²) in [4.78, 5) is 13.6. The van der Waals surface area contributed by atoms with Gasteiger partial charge in [0.2, 0.25) is 15.9 Å². The molecule has 1 unspecified atom stereocenters. The number of ether oxygens (including phenoxy) is 1. The van der Waals surface area contributed by atoms with Crippen molar-refractivity contribution < 1.29 is 26.7 Å². The molecule has 0 bridgehead atoms. The van der Waals surface area contributed by atoms with Gasteiger partial charge in [-0.05, 0) is 24.1 Å². The van der Waals surface area contributed by atoms with Gasteiger partial charge >= 0.3 is 6.61 Å². The van der Waals surface area contributed by atoms with E-state index in [9.17, 15) is 22.0 Å². The molecule has 128 valence electrons. The van der Waals surface area contributed by atoms with Gasteiger partial charge in [-0.15, -0.1) is 0 Å². The Morgan fingerprint density at radius 1 is 1.39 bits per heavy atom. The Morgan fingerprint density at radius 3 is 2.48 bits per heavy atom. The number of carbonyl (C=O) groups excluding carboxylic acids is 1. The fourth-order valence-corrected chi connectivity index (χ4v) is 4.05. The van der Waals surface area contributed by atoms with Crippen LogP contribution in [-0.4, -0.2) is 56.0 Å². The van der Waals surface area contributed by atoms with Gasteiger partial charge in [0, 0.05) is 27.2 Å². The number of sulfonamides is 1. The molecule has 2 rings (SSSR count). The summed E-state index contributed by atoms with van der Waals surface area (Å²) in [5, 5.41) is -1.06. The first-order valence-electron chi connectivity index (χ1n) is 6.95. The summed E-state index contributed by atoms with van der Waals surface area (Å²) >= 11 is 0. The van der Waals surface area contributed by atoms with Crippen molar-refractivity contribution in [3.63, 3.8) is 0 Å². The van der Waals surface area contributed by atoms with Gasteiger partial charge in [-0.25, -0.2) is 12.7 Å². The fourth-order valence-electron chi connectivity index (χ4n) is 2.42. The van der Waals surface area contributed by atoms with Crippen molar-refractivity contribution in [3.05, 3.63) is 29.8 Å². The lowest BCUT2D eigenvalue weighted by Crippen LogP contribution is -2.40. The predicted octanol–water partition coefficient (Wildman–Crippen LogP) is 1.28. The van der Waals surface area contributed by atoms with Crippen LogP contribution in [0.3, 0.4) is 0 Å². The second kappa shape index (κ2) is 6.79. The van der Waals surface area contributed by atoms with Crippen LogP contribution in [0.15, 0.2) is 24.3 Å². The van der Waals surface area contributed by atoms with E-state index >= 15 is 0 Å². The van der Waals surface area contributed by atoms with Crippen molar-refractivity contribution in [2.75, 3.05) is 20.6 Å². The lowest BCUT2D eigenvalue weighted by atomic mass is 10.2. The molecule has 1 saturated heterocycles. The molecular formula is C14H18F2N2O4S. The summed E-state index contributed by atoms with van der Waals surface area (Å²) in [6, 6.07) is 5.85. The first-order chi connectivity index (χ1) is 10.7. The highest BCUT2D eigenvalue weighted by molar-refractivity contribution is 7.90. The third-order valence-electron chi connectivity index (χ3n) is 3.72. The molecule has 1 aliphatic rings. The van der Waals surface area contributed by atoms with E-state index in [-0.39, 0.29) is 18.7 Å². The lowest BCUT2D eigenvalue weighted by molar-refractivity contribution is -0.129. The molecule has 0 radical (unpaired) electrons. The minimum atomic E-state index is -3.58. The second-order valence-electron chi connectivity index (χ2n) is 5.36. The summed E-state index contributed by atoms with van der Waals surface area (Å²) in [7, 11) is -0.621. The molecule has 1 amide bonds. The minimum Gasteiger partial charge on any atom is -0.435 e. The Bertz CT molecular complexity index is 664. The predicted molar refractivity (Wildman–Crippen MR) is 79.5 cm³/mol. The van der Waals surface area contributed by atoms with E-state index in [1.165, 1.54) is 35.4 Å². The van der Waals surface area contributed by atoms with Crippen LogP contribution in [0.2, 0.25) is 0 Å². The summed E-state index contributed by atoms with van der Waals surface area (Å²) in [5.74, 6) is -0.444. The molecule has 6 nitrogen and oxygen atoms in total. The number of amides is 1. The van der Waals surface area contributed by atoms with Gasteiger partial charge in [-0.2, -0.15) is 8.78 Å². The molecule has 1 aromatic rings. The highest BCUT2D eigenvalue weighted by atomic mass is 32.2. The molecule has 1 aromatic carbocycles. The van der Waals surface area contributed by atoms with Gasteiger partial charge < -0.3 is 9.64 Å². The topological polar surface area (TPSA) is 66.9 Å². The van der Waals surface area contributed by atoms with E-state index in [1.54, 1.807) is 12.1 Å². The number of halogens is 2. The van der Waals surface area contributed by atoms with Crippen molar-refractivity contribution in [3.8, 4) is 5.75 Å². The second-order valence-corrected chi connectivity index (χ2v) is 7.58. The van der Waals surface area contributed by atoms with Crippen LogP contribution < -0.4 is 4.74 Å². The molecular weight excluding hydrogens is 330 g/mol. The number of benzene rings is 1. The summed E-state index contributed by atoms with van der Waals surface area (Å²) in [5.41, 5.74) is 0.686. The average Bonchev–Trinajstić information content (AvgIpc) is 2.74. The molecule has 1 aliphatic heterocycles. The zero-order valence-corrected chi connectivity index (χ0v) is 13.6. The van der Waals surface area contributed by atoms with Gasteiger partial charge in [0.25, 0.3) is 0 Å². The SMILES string of the molecule is CN(Cc1ccc(OC(F)F)cc1)C(=O)C1CCN(C)S1(=O)=O. The summed E-state index contributed by atoms with van der Waals surface area (Å²) in [6.07, 6.45) is 0.267. The maximum atomic E-state index is 12.3. The van der Waals surface area contributed by atoms with Crippen LogP contribution in [0.4, 0.5) is 8.78 Å². The van der Waals surface area contributed by atoms with Gasteiger partial charge in [0.05, 0.1) is 0 Å². The molecule has 1 fully saturated rings. The van der Waals surface area contributed by atoms with Crippen LogP contribution >= 0.6 is 0 Å². The standard InChI is InChI=1S/C14H18F2N2O4S/c1-17(13(19)12-7-8-18(2)23(12,20)21)9-10-3-5-11(6-4-10)22-14(15)16/h3-6,12,14H,7-9H2,1-2H3. The molecule has 0 saturated carbocycles. The molecule has 1 atom stereocenters. The van der Waals surface area contributed by atoms with Crippen LogP contribution in [0.25, 0.3) is 0 Å². The van der Waals surface area contributed by atoms with Gasteiger partial charge in [0.1, 0.15) is 5.75 Å². The van der Waals surface area contributed by atoms with Crippen LogP contribution in [-0.2, 0) is 21.4 Å². The highest BCUT2D eigenvalue weighted by Gasteiger charge is 2.42. The van der Waals surface area contributed by atoms with Gasteiger partial charge in [0.15, 0.2) is 5.25 Å². The smallest absolute Gasteiger partial charge is 0.387 e. The quantitative estimate of drug-likeness (QED) is 0.804. The Kier molecular flexibility index (Phi) is 5.20. The monoisotopic (exact) mass is 348 g/mol. The zero-order chi connectivity index (χ0) is 17.2. The molecule has 23 heavy (non-hydrogen) atoms. The van der Waals surface area contributed by atoms with E-state index < -0.39 is 27.8 Å². The molecule has 0 aromatic heterocycles. The van der Waals surface area contributed by atoms with Crippen LogP contribution in [0.1, 0.15) is 12.0 Å². The first-order valence-corrected chi connectivity index (χ1v) is 8.46. The summed E-state index contributed by atoms with van der Waals surface area (Å²) in [6.45, 7) is -2.38. The van der Waals surface area contributed by atoms with E-state index in [0.717, 1.165) is 0 Å². The zero-order valence-electron chi connectivity index (χ0n) is 12.8. The Balaban J connectivity index is 2.01. The van der Waals surface area contributed by atoms with E-state index in [2.05, 4.69) is 4.74 Å². The normalized spacial score (nSPS) is 20.7. The van der Waals surface area contributed by atoms with Crippen molar-refractivity contribution in [2.45, 2.75) is 24.8 Å². The minimum absolute atomic E-state index is 0.0257. The highest BCUT2D eigenvalue weighted by Crippen LogP contribution is 2.22. The van der Waals surface area contributed by atoms with Crippen molar-refractivity contribution in [1.82, 2.24) is 9.21 Å². The van der Waals surface area contributed by atoms with Crippen LogP contribution in [0, 0.1) is 0 Å². The van der Waals surface area contributed by atoms with E-state index in [4.69, 9.17) is 0 Å². The Labute approximate surface area is 133 Å². The summed E-state index contributed by atoms with van der Waals surface area (Å²) < 4.78 is 53.6. The number of rotatable bonds is 5. The first kappa shape index (κ1) is 17.6. The Morgan fingerprint density at radius 2 is 2.00 bits per heavy atom. The maximum absolute atomic E-state index is 12.3. The number of hydrogen-bond acceptors (Lipinski definition) is 4. The molecule has 0 spiro atoms. The third-order valence-corrected chi connectivity index (χ3v) is 5.93. The molecule has 9 heteroatoms. The Hall–Kier alpha value is -1.74. The van der Waals surface area contributed by atoms with Crippen molar-refractivity contribution in [2.24, 2.45) is 0 Å². The number of alkyl halides is 2. The van der Waals surface area contributed by atoms with Crippen molar-refractivity contribution in [1.29, 1.82) is 0 Å². The van der Waals surface area contributed by atoms with Gasteiger partial charge in [-0.1, -0.05) is 12.1 Å².